The fourth-order valence-corrected chi connectivity index (χ4v) is 1.50. The predicted octanol–water partition coefficient (Wildman–Crippen LogP) is 1.70. The molecule has 1 rings (SSSR count). The number of rotatable bonds is 6. The number of hydrogen-bond acceptors (Lipinski definition) is 7. The van der Waals surface area contributed by atoms with Crippen LogP contribution in [0.2, 0.25) is 0 Å². The summed E-state index contributed by atoms with van der Waals surface area (Å²) >= 11 is 0. The van der Waals surface area contributed by atoms with E-state index < -0.39 is 30.3 Å². The summed E-state index contributed by atoms with van der Waals surface area (Å²) in [6.45, 7) is 5.61. The second kappa shape index (κ2) is 7.88. The Hall–Kier alpha value is -2.96. The van der Waals surface area contributed by atoms with Gasteiger partial charge in [0.05, 0.1) is 7.11 Å². The van der Waals surface area contributed by atoms with Crippen molar-refractivity contribution in [3.8, 4) is 5.75 Å². The van der Waals surface area contributed by atoms with Gasteiger partial charge in [-0.1, -0.05) is 6.58 Å². The van der Waals surface area contributed by atoms with Gasteiger partial charge < -0.3 is 14.2 Å². The van der Waals surface area contributed by atoms with Crippen LogP contribution in [-0.4, -0.2) is 37.4 Å². The first-order valence-electron chi connectivity index (χ1n) is 6.53. The molecule has 0 heterocycles. The largest absolute Gasteiger partial charge is 0.465 e. The highest BCUT2D eigenvalue weighted by Gasteiger charge is 2.19. The van der Waals surface area contributed by atoms with Crippen LogP contribution >= 0.6 is 0 Å². The normalized spacial score (nSPS) is 9.70. The van der Waals surface area contributed by atoms with Crippen molar-refractivity contribution >= 4 is 23.7 Å². The minimum Gasteiger partial charge on any atom is -0.465 e. The quantitative estimate of drug-likeness (QED) is 0.340. The van der Waals surface area contributed by atoms with Crippen molar-refractivity contribution in [3.63, 3.8) is 0 Å². The number of ether oxygens (including phenoxy) is 3. The van der Waals surface area contributed by atoms with Crippen LogP contribution in [0.25, 0.3) is 0 Å². The van der Waals surface area contributed by atoms with Gasteiger partial charge in [0.25, 0.3) is 0 Å². The second-order valence-electron chi connectivity index (χ2n) is 4.58. The Labute approximate surface area is 132 Å². The van der Waals surface area contributed by atoms with Crippen molar-refractivity contribution in [2.75, 3.05) is 13.7 Å². The highest BCUT2D eigenvalue weighted by molar-refractivity contribution is 6.02. The van der Waals surface area contributed by atoms with E-state index in [1.807, 2.05) is 0 Å². The number of hydrogen-bond donors (Lipinski definition) is 0. The average molecular weight is 320 g/mol. The number of carbonyl (C=O) groups is 4. The van der Waals surface area contributed by atoms with Crippen LogP contribution in [0.15, 0.2) is 30.4 Å². The molecular weight excluding hydrogens is 304 g/mol. The van der Waals surface area contributed by atoms with Crippen molar-refractivity contribution in [3.05, 3.63) is 41.5 Å². The zero-order chi connectivity index (χ0) is 17.6. The summed E-state index contributed by atoms with van der Waals surface area (Å²) in [6, 6.07) is 3.84. The van der Waals surface area contributed by atoms with Crippen molar-refractivity contribution in [1.29, 1.82) is 0 Å². The molecule has 122 valence electrons. The molecule has 1 aromatic rings. The first-order valence-corrected chi connectivity index (χ1v) is 6.53. The zero-order valence-electron chi connectivity index (χ0n) is 13.0. The summed E-state index contributed by atoms with van der Waals surface area (Å²) in [5.41, 5.74) is 0.161. The molecule has 0 unspecified atom stereocenters. The molecule has 0 saturated heterocycles. The molecule has 0 aliphatic carbocycles. The molecule has 0 fully saturated rings. The van der Waals surface area contributed by atoms with E-state index in [1.165, 1.54) is 32.0 Å². The number of methoxy groups -OCH3 is 1. The first kappa shape index (κ1) is 18.1. The fraction of sp³-hybridized carbons (Fsp3) is 0.250. The van der Waals surface area contributed by atoms with Crippen LogP contribution in [-0.2, 0) is 19.1 Å². The number of ketones is 1. The lowest BCUT2D eigenvalue weighted by Crippen LogP contribution is -2.15. The third-order valence-electron chi connectivity index (χ3n) is 2.66. The molecule has 0 spiro atoms. The van der Waals surface area contributed by atoms with E-state index in [0.29, 0.717) is 0 Å². The van der Waals surface area contributed by atoms with Gasteiger partial charge in [-0.2, -0.15) is 0 Å². The second-order valence-corrected chi connectivity index (χ2v) is 4.58. The topological polar surface area (TPSA) is 96.0 Å². The molecule has 0 aromatic heterocycles. The SMILES string of the molecule is C=C(C)C(=O)Oc1ccc(C(=O)COC(C)=O)cc1C(=O)OC. The molecule has 0 radical (unpaired) electrons. The molecule has 0 saturated carbocycles. The molecule has 0 aliphatic rings. The van der Waals surface area contributed by atoms with E-state index in [9.17, 15) is 19.2 Å². The minimum atomic E-state index is -0.781. The Balaban J connectivity index is 3.13. The Morgan fingerprint density at radius 3 is 2.30 bits per heavy atom. The zero-order valence-corrected chi connectivity index (χ0v) is 13.0. The van der Waals surface area contributed by atoms with Crippen LogP contribution in [0, 0.1) is 0 Å². The number of esters is 3. The molecule has 0 bridgehead atoms. The fourth-order valence-electron chi connectivity index (χ4n) is 1.50. The Morgan fingerprint density at radius 1 is 1.13 bits per heavy atom. The molecule has 0 aliphatic heterocycles. The Bertz CT molecular complexity index is 673. The highest BCUT2D eigenvalue weighted by Crippen LogP contribution is 2.22. The molecule has 1 aromatic carbocycles. The summed E-state index contributed by atoms with van der Waals surface area (Å²) in [5.74, 6) is -2.67. The summed E-state index contributed by atoms with van der Waals surface area (Å²) in [6.07, 6.45) is 0. The molecule has 0 atom stereocenters. The Kier molecular flexibility index (Phi) is 6.20. The number of carbonyl (C=O) groups excluding carboxylic acids is 4. The lowest BCUT2D eigenvalue weighted by Gasteiger charge is -2.10. The molecule has 7 nitrogen and oxygen atoms in total. The van der Waals surface area contributed by atoms with Crippen LogP contribution < -0.4 is 4.74 Å². The summed E-state index contributed by atoms with van der Waals surface area (Å²) in [7, 11) is 1.15. The molecule has 0 N–H and O–H groups in total. The van der Waals surface area contributed by atoms with E-state index in [2.05, 4.69) is 16.1 Å². The van der Waals surface area contributed by atoms with Gasteiger partial charge in [0.15, 0.2) is 12.4 Å². The van der Waals surface area contributed by atoms with Crippen molar-refractivity contribution < 1.29 is 33.4 Å². The third-order valence-corrected chi connectivity index (χ3v) is 2.66. The van der Waals surface area contributed by atoms with E-state index in [0.717, 1.165) is 7.11 Å². The molecule has 23 heavy (non-hydrogen) atoms. The standard InChI is InChI=1S/C16H16O7/c1-9(2)15(19)23-14-6-5-11(7-12(14)16(20)21-4)13(18)8-22-10(3)17/h5-7H,1,8H2,2-4H3. The van der Waals surface area contributed by atoms with E-state index >= 15 is 0 Å². The van der Waals surface area contributed by atoms with Gasteiger partial charge in [0.2, 0.25) is 0 Å². The average Bonchev–Trinajstić information content (AvgIpc) is 2.51. The van der Waals surface area contributed by atoms with Gasteiger partial charge in [-0.3, -0.25) is 9.59 Å². The summed E-state index contributed by atoms with van der Waals surface area (Å²) < 4.78 is 14.2. The highest BCUT2D eigenvalue weighted by atomic mass is 16.5. The molecule has 0 amide bonds. The van der Waals surface area contributed by atoms with Gasteiger partial charge in [0.1, 0.15) is 11.3 Å². The lowest BCUT2D eigenvalue weighted by atomic mass is 10.1. The van der Waals surface area contributed by atoms with Gasteiger partial charge in [-0.25, -0.2) is 9.59 Å². The lowest BCUT2D eigenvalue weighted by molar-refractivity contribution is -0.139. The molecule has 7 heteroatoms. The monoisotopic (exact) mass is 320 g/mol. The van der Waals surface area contributed by atoms with Gasteiger partial charge in [-0.05, 0) is 25.1 Å². The van der Waals surface area contributed by atoms with Crippen LogP contribution in [0.1, 0.15) is 34.6 Å². The minimum absolute atomic E-state index is 0.0612. The number of Topliss-reactive ketones (excluding diaryl/α,β-unsaturated/α-hetero) is 1. The predicted molar refractivity (Wildman–Crippen MR) is 79.2 cm³/mol. The van der Waals surface area contributed by atoms with Gasteiger partial charge >= 0.3 is 17.9 Å². The van der Waals surface area contributed by atoms with Crippen molar-refractivity contribution in [1.82, 2.24) is 0 Å². The first-order chi connectivity index (χ1) is 10.8. The maximum absolute atomic E-state index is 11.9. The van der Waals surface area contributed by atoms with Gasteiger partial charge in [-0.15, -0.1) is 0 Å². The van der Waals surface area contributed by atoms with Gasteiger partial charge in [0, 0.05) is 18.1 Å². The number of benzene rings is 1. The van der Waals surface area contributed by atoms with E-state index in [-0.39, 0.29) is 22.4 Å². The summed E-state index contributed by atoms with van der Waals surface area (Å²) in [4.78, 5) is 46.0. The van der Waals surface area contributed by atoms with Crippen molar-refractivity contribution in [2.45, 2.75) is 13.8 Å². The van der Waals surface area contributed by atoms with Crippen LogP contribution in [0.3, 0.4) is 0 Å². The Morgan fingerprint density at radius 2 is 1.78 bits per heavy atom. The smallest absolute Gasteiger partial charge is 0.341 e. The van der Waals surface area contributed by atoms with Crippen LogP contribution in [0.5, 0.6) is 5.75 Å². The maximum Gasteiger partial charge on any atom is 0.341 e. The maximum atomic E-state index is 11.9. The molecular formula is C16H16O7. The van der Waals surface area contributed by atoms with Crippen molar-refractivity contribution in [2.24, 2.45) is 0 Å². The summed E-state index contributed by atoms with van der Waals surface area (Å²) in [5, 5.41) is 0. The van der Waals surface area contributed by atoms with Crippen LogP contribution in [0.4, 0.5) is 0 Å². The van der Waals surface area contributed by atoms with E-state index in [4.69, 9.17) is 4.74 Å². The third kappa shape index (κ3) is 5.06. The van der Waals surface area contributed by atoms with E-state index in [1.54, 1.807) is 0 Å².